The maximum atomic E-state index is 16.0. The van der Waals surface area contributed by atoms with Crippen LogP contribution in [-0.4, -0.2) is 92.5 Å². The van der Waals surface area contributed by atoms with Crippen molar-refractivity contribution in [3.8, 4) is 11.5 Å². The highest BCUT2D eigenvalue weighted by Gasteiger charge is 2.56. The number of hydrogen-bond donors (Lipinski definition) is 4. The molecule has 0 unspecified atom stereocenters. The molecule has 2 aliphatic rings. The van der Waals surface area contributed by atoms with Gasteiger partial charge in [0.2, 0.25) is 0 Å². The molecule has 12 nitrogen and oxygen atoms in total. The number of benzene rings is 2. The summed E-state index contributed by atoms with van der Waals surface area (Å²) in [6.45, 7) is 39.9. The van der Waals surface area contributed by atoms with E-state index in [-0.39, 0.29) is 36.4 Å². The molecule has 0 bridgehead atoms. The molecule has 376 valence electrons. The molecule has 0 aromatic heterocycles. The first-order valence-electron chi connectivity index (χ1n) is 24.3. The molecule has 0 atom stereocenters. The first-order chi connectivity index (χ1) is 30.1. The fraction of sp³-hybridized carbons (Fsp3) is 0.709. The Morgan fingerprint density at radius 3 is 0.925 bits per heavy atom. The second-order valence-corrected chi connectivity index (χ2v) is 26.4. The predicted molar refractivity (Wildman–Crippen MR) is 268 cm³/mol. The van der Waals surface area contributed by atoms with Gasteiger partial charge in [-0.2, -0.15) is 0 Å². The fourth-order valence-electron chi connectivity index (χ4n) is 11.4. The number of urea groups is 2. The molecular weight excluding hydrogens is 845 g/mol. The third kappa shape index (κ3) is 11.5. The van der Waals surface area contributed by atoms with Crippen LogP contribution in [0.4, 0.5) is 9.59 Å². The van der Waals surface area contributed by atoms with E-state index in [4.69, 9.17) is 9.47 Å². The molecule has 2 aromatic rings. The number of aromatic hydroxyl groups is 2. The Hall–Kier alpha value is -4.48. The largest absolute Gasteiger partial charge is 0.507 e. The number of phenols is 2. The minimum absolute atomic E-state index is 0.137. The summed E-state index contributed by atoms with van der Waals surface area (Å²) >= 11 is 0. The summed E-state index contributed by atoms with van der Waals surface area (Å²) in [7, 11) is 3.20. The molecule has 0 radical (unpaired) electrons. The lowest BCUT2D eigenvalue weighted by Crippen LogP contribution is -2.66. The van der Waals surface area contributed by atoms with Crippen LogP contribution in [0.15, 0.2) is 24.3 Å². The van der Waals surface area contributed by atoms with E-state index in [1.165, 1.54) is 0 Å². The van der Waals surface area contributed by atoms with Gasteiger partial charge >= 0.3 is 24.0 Å². The third-order valence-corrected chi connectivity index (χ3v) is 14.1. The SMILES string of the molecule is CNC(=O)N1C(C)(C)CC(OC(=O)C(Cc2cc(C(C)(C)C)c(O)c(C(C)(C)C)c2)(Cc2cc(C(C)(C)C)c(O)c(C(C)(C)C)c2)C(=O)OC2CC(C)(C)N(C(=O)NC)C(C)(C)C2)CC1(C)C. The topological polar surface area (TPSA) is 158 Å². The number of nitrogens with zero attached hydrogens (tertiary/aromatic N) is 2. The van der Waals surface area contributed by atoms with E-state index < -0.39 is 73.4 Å². The van der Waals surface area contributed by atoms with E-state index in [1.54, 1.807) is 23.9 Å². The molecule has 0 aliphatic carbocycles. The number of phenolic OH excluding ortho intramolecular Hbond substituents is 2. The normalized spacial score (nSPS) is 19.1. The van der Waals surface area contributed by atoms with E-state index in [0.29, 0.717) is 59.1 Å². The summed E-state index contributed by atoms with van der Waals surface area (Å²) in [5, 5.41) is 29.3. The van der Waals surface area contributed by atoms with Crippen molar-refractivity contribution in [2.75, 3.05) is 14.1 Å². The van der Waals surface area contributed by atoms with Gasteiger partial charge in [0.25, 0.3) is 0 Å². The van der Waals surface area contributed by atoms with Crippen LogP contribution in [0.3, 0.4) is 0 Å². The summed E-state index contributed by atoms with van der Waals surface area (Å²) < 4.78 is 13.5. The van der Waals surface area contributed by atoms with Crippen LogP contribution in [0.5, 0.6) is 11.5 Å². The van der Waals surface area contributed by atoms with Gasteiger partial charge in [0.05, 0.1) is 0 Å². The summed E-state index contributed by atoms with van der Waals surface area (Å²) in [6.07, 6.45) is -0.417. The zero-order valence-electron chi connectivity index (χ0n) is 45.4. The van der Waals surface area contributed by atoms with Gasteiger partial charge in [-0.1, -0.05) is 107 Å². The minimum atomic E-state index is -2.01. The smallest absolute Gasteiger partial charge is 0.324 e. The number of hydrogen-bond acceptors (Lipinski definition) is 8. The number of likely N-dealkylation sites (tertiary alicyclic amines) is 2. The molecule has 2 fully saturated rings. The van der Waals surface area contributed by atoms with Crippen LogP contribution in [0.1, 0.15) is 198 Å². The standard InChI is InChI=1S/C55H88N4O8/c1-47(2,3)37-23-33(24-38(41(37)60)48(4,5)6)27-55(28-34-25-39(49(7,8)9)42(61)40(26-34)50(10,11)12,43(62)66-35-29-51(13,14)58(45(64)56-21)52(15,16)30-35)44(63)67-36-31-53(17,18)59(46(65)57-22)54(19,20)32-36/h23-26,35-36,60-61H,27-32H2,1-22H3,(H,56,64)(H,57,65). The van der Waals surface area contributed by atoms with Crippen molar-refractivity contribution in [1.82, 2.24) is 20.4 Å². The van der Waals surface area contributed by atoms with Crippen LogP contribution in [0.2, 0.25) is 0 Å². The Labute approximate surface area is 403 Å². The Bertz CT molecular complexity index is 1950. The monoisotopic (exact) mass is 933 g/mol. The van der Waals surface area contributed by atoms with Crippen molar-refractivity contribution >= 4 is 24.0 Å². The minimum Gasteiger partial charge on any atom is -0.507 e. The average Bonchev–Trinajstić information content (AvgIpc) is 3.11. The molecule has 67 heavy (non-hydrogen) atoms. The molecule has 0 spiro atoms. The Balaban J connectivity index is 2.11. The number of ether oxygens (including phenoxy) is 2. The maximum Gasteiger partial charge on any atom is 0.324 e. The van der Waals surface area contributed by atoms with Crippen molar-refractivity contribution in [3.63, 3.8) is 0 Å². The quantitative estimate of drug-likeness (QED) is 0.150. The summed E-state index contributed by atoms with van der Waals surface area (Å²) in [6, 6.07) is 7.14. The molecule has 2 heterocycles. The van der Waals surface area contributed by atoms with E-state index in [1.807, 2.05) is 163 Å². The maximum absolute atomic E-state index is 16.0. The number of amides is 4. The summed E-state index contributed by atoms with van der Waals surface area (Å²) in [5.41, 5.74) is -3.05. The van der Waals surface area contributed by atoms with Crippen LogP contribution in [0.25, 0.3) is 0 Å². The highest BCUT2D eigenvalue weighted by atomic mass is 16.6. The van der Waals surface area contributed by atoms with Gasteiger partial charge in [0.15, 0.2) is 5.41 Å². The van der Waals surface area contributed by atoms with Crippen LogP contribution < -0.4 is 10.6 Å². The van der Waals surface area contributed by atoms with E-state index in [2.05, 4.69) is 10.6 Å². The van der Waals surface area contributed by atoms with E-state index in [9.17, 15) is 19.8 Å². The molecular formula is C55H88N4O8. The summed E-state index contributed by atoms with van der Waals surface area (Å²) in [5.74, 6) is -1.17. The second-order valence-electron chi connectivity index (χ2n) is 26.4. The van der Waals surface area contributed by atoms with E-state index in [0.717, 1.165) is 0 Å². The highest BCUT2D eigenvalue weighted by molar-refractivity contribution is 6.01. The van der Waals surface area contributed by atoms with Crippen molar-refractivity contribution in [1.29, 1.82) is 0 Å². The van der Waals surface area contributed by atoms with Crippen molar-refractivity contribution in [2.45, 2.75) is 233 Å². The van der Waals surface area contributed by atoms with Gasteiger partial charge in [-0.15, -0.1) is 0 Å². The Morgan fingerprint density at radius 2 is 0.731 bits per heavy atom. The molecule has 4 rings (SSSR count). The third-order valence-electron chi connectivity index (χ3n) is 14.1. The fourth-order valence-corrected chi connectivity index (χ4v) is 11.4. The van der Waals surface area contributed by atoms with Gasteiger partial charge < -0.3 is 40.1 Å². The Morgan fingerprint density at radius 1 is 0.507 bits per heavy atom. The predicted octanol–water partition coefficient (Wildman–Crippen LogP) is 10.9. The number of piperidine rings is 2. The first-order valence-corrected chi connectivity index (χ1v) is 24.3. The lowest BCUT2D eigenvalue weighted by Gasteiger charge is -2.55. The van der Waals surface area contributed by atoms with Crippen LogP contribution in [-0.2, 0) is 53.6 Å². The number of carbonyl (C=O) groups excluding carboxylic acids is 4. The molecule has 2 aromatic carbocycles. The molecule has 4 N–H and O–H groups in total. The van der Waals surface area contributed by atoms with Gasteiger partial charge in [-0.3, -0.25) is 9.59 Å². The number of carbonyl (C=O) groups is 4. The van der Waals surface area contributed by atoms with Gasteiger partial charge in [-0.25, -0.2) is 9.59 Å². The molecule has 2 aliphatic heterocycles. The van der Waals surface area contributed by atoms with E-state index >= 15 is 9.59 Å². The molecule has 4 amide bonds. The lowest BCUT2D eigenvalue weighted by molar-refractivity contribution is -0.186. The Kier molecular flexibility index (Phi) is 14.9. The number of esters is 2. The van der Waals surface area contributed by atoms with Crippen LogP contribution >= 0.6 is 0 Å². The lowest BCUT2D eigenvalue weighted by atomic mass is 9.71. The van der Waals surface area contributed by atoms with Gasteiger partial charge in [0, 0.05) is 61.9 Å². The van der Waals surface area contributed by atoms with Gasteiger partial charge in [-0.05, 0) is 123 Å². The number of rotatable bonds is 8. The molecule has 12 heteroatoms. The molecule has 0 saturated carbocycles. The first kappa shape index (κ1) is 55.1. The zero-order valence-corrected chi connectivity index (χ0v) is 45.4. The number of nitrogens with one attached hydrogen (secondary N) is 2. The summed E-state index contributed by atoms with van der Waals surface area (Å²) in [4.78, 5) is 62.4. The van der Waals surface area contributed by atoms with Crippen LogP contribution in [0, 0.1) is 5.41 Å². The van der Waals surface area contributed by atoms with Crippen molar-refractivity contribution < 1.29 is 38.9 Å². The van der Waals surface area contributed by atoms with Crippen molar-refractivity contribution in [3.05, 3.63) is 57.6 Å². The highest BCUT2D eigenvalue weighted by Crippen LogP contribution is 2.47. The second kappa shape index (κ2) is 18.1. The molecule has 2 saturated heterocycles. The zero-order chi connectivity index (χ0) is 51.6. The van der Waals surface area contributed by atoms with Gasteiger partial charge in [0.1, 0.15) is 23.7 Å². The average molecular weight is 933 g/mol. The van der Waals surface area contributed by atoms with Crippen molar-refractivity contribution in [2.24, 2.45) is 5.41 Å².